The van der Waals surface area contributed by atoms with E-state index in [9.17, 15) is 22.4 Å². The second kappa shape index (κ2) is 9.80. The number of rotatable bonds is 9. The van der Waals surface area contributed by atoms with Crippen LogP contribution < -0.4 is 5.32 Å². The van der Waals surface area contributed by atoms with Crippen LogP contribution in [0.25, 0.3) is 11.3 Å². The molecule has 1 aliphatic carbocycles. The van der Waals surface area contributed by atoms with Crippen molar-refractivity contribution in [2.45, 2.75) is 44.3 Å². The average molecular weight is 463 g/mol. The lowest BCUT2D eigenvalue weighted by molar-refractivity contribution is -0.357. The van der Waals surface area contributed by atoms with Crippen molar-refractivity contribution < 1.29 is 36.4 Å². The highest BCUT2D eigenvalue weighted by Crippen LogP contribution is 2.32. The molecule has 1 aliphatic rings. The van der Waals surface area contributed by atoms with E-state index < -0.39 is 30.3 Å². The van der Waals surface area contributed by atoms with Crippen LogP contribution in [0.3, 0.4) is 0 Å². The number of aromatic nitrogens is 1. The molecule has 0 bridgehead atoms. The zero-order valence-electron chi connectivity index (χ0n) is 16.2. The molecule has 0 aliphatic heterocycles. The highest BCUT2D eigenvalue weighted by Gasteiger charge is 2.40. The fraction of sp³-hybridized carbons (Fsp3) is 0.400. The van der Waals surface area contributed by atoms with Crippen molar-refractivity contribution >= 4 is 17.5 Å². The van der Waals surface area contributed by atoms with Gasteiger partial charge in [0.2, 0.25) is 5.91 Å². The molecule has 31 heavy (non-hydrogen) atoms. The molecule has 1 saturated carbocycles. The molecule has 6 nitrogen and oxygen atoms in total. The van der Waals surface area contributed by atoms with Gasteiger partial charge in [0.25, 0.3) is 0 Å². The van der Waals surface area contributed by atoms with Crippen molar-refractivity contribution in [3.63, 3.8) is 0 Å². The van der Waals surface area contributed by atoms with Crippen molar-refractivity contribution in [2.24, 2.45) is 0 Å². The van der Waals surface area contributed by atoms with Crippen LogP contribution in [0, 0.1) is 5.82 Å². The van der Waals surface area contributed by atoms with Crippen LogP contribution in [0.15, 0.2) is 41.1 Å². The van der Waals surface area contributed by atoms with Gasteiger partial charge < -0.3 is 14.6 Å². The summed E-state index contributed by atoms with van der Waals surface area (Å²) in [4.78, 5) is 11.9. The molecule has 1 N–H and O–H groups in total. The quantitative estimate of drug-likeness (QED) is 0.543. The van der Waals surface area contributed by atoms with Crippen LogP contribution >= 0.6 is 11.6 Å². The highest BCUT2D eigenvalue weighted by molar-refractivity contribution is 6.30. The number of nitrogens with zero attached hydrogens (tertiary/aromatic N) is 1. The lowest BCUT2D eigenvalue weighted by Gasteiger charge is -2.34. The lowest BCUT2D eigenvalue weighted by Crippen LogP contribution is -2.42. The number of carbonyl (C=O) groups is 1. The van der Waals surface area contributed by atoms with Gasteiger partial charge in [0.1, 0.15) is 23.9 Å². The van der Waals surface area contributed by atoms with Crippen molar-refractivity contribution in [2.75, 3.05) is 6.61 Å². The zero-order chi connectivity index (χ0) is 22.6. The van der Waals surface area contributed by atoms with Gasteiger partial charge in [0.15, 0.2) is 0 Å². The second-order valence-electron chi connectivity index (χ2n) is 7.05. The molecule has 1 aromatic heterocycles. The normalized spacial score (nSPS) is 18.5. The van der Waals surface area contributed by atoms with Crippen molar-refractivity contribution in [1.82, 2.24) is 10.5 Å². The number of ether oxygens (including phenoxy) is 2. The number of carbonyl (C=O) groups excluding carboxylic acids is 1. The largest absolute Gasteiger partial charge is 0.522 e. The Bertz CT molecular complexity index is 942. The third-order valence-corrected chi connectivity index (χ3v) is 4.87. The summed E-state index contributed by atoms with van der Waals surface area (Å²) in [6, 6.07) is 5.94. The minimum absolute atomic E-state index is 0.00950. The summed E-state index contributed by atoms with van der Waals surface area (Å²) < 4.78 is 64.1. The molecule has 168 valence electrons. The van der Waals surface area contributed by atoms with Crippen molar-refractivity contribution in [3.05, 3.63) is 53.1 Å². The first-order valence-electron chi connectivity index (χ1n) is 9.34. The van der Waals surface area contributed by atoms with Crippen LogP contribution in [0.2, 0.25) is 5.02 Å². The summed E-state index contributed by atoms with van der Waals surface area (Å²) in [6.45, 7) is 3.46. The Hall–Kier alpha value is -2.43. The Morgan fingerprint density at radius 1 is 1.29 bits per heavy atom. The average Bonchev–Trinajstić information content (AvgIpc) is 3.12. The molecule has 2 aromatic rings. The number of benzene rings is 1. The summed E-state index contributed by atoms with van der Waals surface area (Å²) in [6.07, 6.45) is -5.13. The summed E-state index contributed by atoms with van der Waals surface area (Å²) >= 11 is 5.66. The Labute approximate surface area is 180 Å². The molecule has 0 atom stereocenters. The molecule has 1 aromatic carbocycles. The van der Waals surface area contributed by atoms with Gasteiger partial charge >= 0.3 is 6.36 Å². The summed E-state index contributed by atoms with van der Waals surface area (Å²) in [5.74, 6) is -0.505. The molecule has 1 heterocycles. The number of aryl methyl sites for hydroxylation is 1. The standard InChI is InChI=1S/C20H19ClF4N2O4/c1-11(26-19(28)10-29-14-7-15(8-14)30-20(23,24)25)2-4-13-9-18(27-31-13)12-3-5-16(21)17(22)6-12/h3,5-6,9,14-15H,1-2,4,7-8,10H2,(H,26,28)/t14-,15+. The van der Waals surface area contributed by atoms with Gasteiger partial charge in [-0.15, -0.1) is 13.2 Å². The van der Waals surface area contributed by atoms with Gasteiger partial charge in [-0.2, -0.15) is 0 Å². The van der Waals surface area contributed by atoms with Gasteiger partial charge in [-0.05, 0) is 18.6 Å². The number of allylic oxidation sites excluding steroid dienone is 1. The monoisotopic (exact) mass is 462 g/mol. The van der Waals surface area contributed by atoms with E-state index in [0.29, 0.717) is 35.6 Å². The van der Waals surface area contributed by atoms with E-state index in [1.54, 1.807) is 12.1 Å². The smallest absolute Gasteiger partial charge is 0.368 e. The molecule has 0 spiro atoms. The van der Waals surface area contributed by atoms with E-state index >= 15 is 0 Å². The molecule has 1 fully saturated rings. The van der Waals surface area contributed by atoms with Gasteiger partial charge in [-0.25, -0.2) is 4.39 Å². The van der Waals surface area contributed by atoms with Gasteiger partial charge in [-0.3, -0.25) is 9.53 Å². The number of hydrogen-bond donors (Lipinski definition) is 1. The third kappa shape index (κ3) is 7.05. The molecule has 3 rings (SSSR count). The summed E-state index contributed by atoms with van der Waals surface area (Å²) in [5.41, 5.74) is 1.37. The Balaban J connectivity index is 1.35. The predicted octanol–water partition coefficient (Wildman–Crippen LogP) is 4.78. The lowest BCUT2D eigenvalue weighted by atomic mass is 9.92. The second-order valence-corrected chi connectivity index (χ2v) is 7.46. The molecular weight excluding hydrogens is 444 g/mol. The van der Waals surface area contributed by atoms with Crippen molar-refractivity contribution in [3.8, 4) is 11.3 Å². The molecular formula is C20H19ClF4N2O4. The Morgan fingerprint density at radius 2 is 2.03 bits per heavy atom. The molecule has 0 radical (unpaired) electrons. The summed E-state index contributed by atoms with van der Waals surface area (Å²) in [7, 11) is 0. The van der Waals surface area contributed by atoms with Gasteiger partial charge in [0.05, 0.1) is 17.2 Å². The fourth-order valence-electron chi connectivity index (χ4n) is 2.92. The Morgan fingerprint density at radius 3 is 2.71 bits per heavy atom. The van der Waals surface area contributed by atoms with Crippen molar-refractivity contribution in [1.29, 1.82) is 0 Å². The molecule has 11 heteroatoms. The highest BCUT2D eigenvalue weighted by atomic mass is 35.5. The first-order chi connectivity index (χ1) is 14.6. The predicted molar refractivity (Wildman–Crippen MR) is 102 cm³/mol. The number of hydrogen-bond acceptors (Lipinski definition) is 5. The maximum absolute atomic E-state index is 13.6. The Kier molecular flexibility index (Phi) is 7.34. The maximum atomic E-state index is 13.6. The maximum Gasteiger partial charge on any atom is 0.522 e. The van der Waals surface area contributed by atoms with E-state index in [1.807, 2.05) is 0 Å². The fourth-order valence-corrected chi connectivity index (χ4v) is 3.04. The first-order valence-corrected chi connectivity index (χ1v) is 9.71. The van der Waals surface area contributed by atoms with Gasteiger partial charge in [-0.1, -0.05) is 29.4 Å². The van der Waals surface area contributed by atoms with Crippen LogP contribution in [-0.2, 0) is 20.7 Å². The number of halogens is 5. The van der Waals surface area contributed by atoms with Gasteiger partial charge in [0, 0.05) is 36.6 Å². The third-order valence-electron chi connectivity index (χ3n) is 4.57. The molecule has 1 amide bonds. The topological polar surface area (TPSA) is 73.6 Å². The van der Waals surface area contributed by atoms with Crippen LogP contribution in [0.1, 0.15) is 25.0 Å². The minimum Gasteiger partial charge on any atom is -0.368 e. The first kappa shape index (κ1) is 23.2. The molecule has 0 unspecified atom stereocenters. The van der Waals surface area contributed by atoms with E-state index in [0.717, 1.165) is 0 Å². The van der Waals surface area contributed by atoms with Crippen LogP contribution in [-0.4, -0.2) is 36.2 Å². The van der Waals surface area contributed by atoms with E-state index in [4.69, 9.17) is 20.9 Å². The van der Waals surface area contributed by atoms with E-state index in [2.05, 4.69) is 21.8 Å². The summed E-state index contributed by atoms with van der Waals surface area (Å²) in [5, 5.41) is 6.46. The van der Waals surface area contributed by atoms with E-state index in [-0.39, 0.29) is 24.5 Å². The number of amides is 1. The van der Waals surface area contributed by atoms with Crippen LogP contribution in [0.4, 0.5) is 17.6 Å². The van der Waals surface area contributed by atoms with Crippen LogP contribution in [0.5, 0.6) is 0 Å². The molecule has 0 saturated heterocycles. The van der Waals surface area contributed by atoms with E-state index in [1.165, 1.54) is 12.1 Å². The zero-order valence-corrected chi connectivity index (χ0v) is 16.9. The number of nitrogens with one attached hydrogen (secondary N) is 1. The number of alkyl halides is 3. The SMILES string of the molecule is C=C(CCc1cc(-c2ccc(Cl)c(F)c2)no1)NC(=O)CO[C@H]1C[C@@H](OC(F)(F)F)C1. The minimum atomic E-state index is -4.67.